The van der Waals surface area contributed by atoms with Crippen molar-refractivity contribution in [2.24, 2.45) is 0 Å². The number of imidazole rings is 1. The minimum absolute atomic E-state index is 0.550. The second-order valence-electron chi connectivity index (χ2n) is 6.69. The molecule has 148 valence electrons. The van der Waals surface area contributed by atoms with Crippen LogP contribution in [0.1, 0.15) is 23.2 Å². The predicted octanol–water partition coefficient (Wildman–Crippen LogP) is 7.80. The first-order valence-electron chi connectivity index (χ1n) is 9.16. The summed E-state index contributed by atoms with van der Waals surface area (Å²) < 4.78 is 2.09. The van der Waals surface area contributed by atoms with Gasteiger partial charge in [-0.25, -0.2) is 9.97 Å². The third-order valence-electron chi connectivity index (χ3n) is 4.78. The van der Waals surface area contributed by atoms with Crippen LogP contribution in [0.5, 0.6) is 0 Å². The molecule has 29 heavy (non-hydrogen) atoms. The Bertz CT molecular complexity index is 1190. The summed E-state index contributed by atoms with van der Waals surface area (Å²) in [5.74, 6) is 0.743. The summed E-state index contributed by atoms with van der Waals surface area (Å²) in [6, 6.07) is 13.1. The van der Waals surface area contributed by atoms with E-state index in [9.17, 15) is 0 Å². The second-order valence-corrected chi connectivity index (χ2v) is 9.05. The Hall–Kier alpha value is -1.85. The highest BCUT2D eigenvalue weighted by Crippen LogP contribution is 2.37. The molecule has 0 spiro atoms. The molecule has 2 aromatic carbocycles. The van der Waals surface area contributed by atoms with Crippen molar-refractivity contribution in [2.45, 2.75) is 27.2 Å². The van der Waals surface area contributed by atoms with Gasteiger partial charge >= 0.3 is 0 Å². The smallest absolute Gasteiger partial charge is 0.147 e. The maximum absolute atomic E-state index is 6.54. The van der Waals surface area contributed by atoms with Gasteiger partial charge in [-0.3, -0.25) is 4.57 Å². The fraction of sp³-hybridized carbons (Fsp3) is 0.182. The number of benzene rings is 2. The van der Waals surface area contributed by atoms with Crippen molar-refractivity contribution in [3.63, 3.8) is 0 Å². The lowest BCUT2D eigenvalue weighted by atomic mass is 10.2. The summed E-state index contributed by atoms with van der Waals surface area (Å²) in [4.78, 5) is 11.0. The van der Waals surface area contributed by atoms with Crippen LogP contribution in [0.4, 0.5) is 0 Å². The van der Waals surface area contributed by atoms with E-state index in [-0.39, 0.29) is 0 Å². The average molecular weight is 463 g/mol. The molecule has 4 aromatic rings. The number of aromatic nitrogens is 3. The first kappa shape index (κ1) is 20.4. The van der Waals surface area contributed by atoms with E-state index in [4.69, 9.17) is 44.8 Å². The normalized spacial score (nSPS) is 11.2. The van der Waals surface area contributed by atoms with Crippen LogP contribution in [0, 0.1) is 13.8 Å². The second kappa shape index (κ2) is 8.11. The number of thiazole rings is 1. The molecular weight excluding hydrogens is 445 g/mol. The number of rotatable bonds is 4. The first-order valence-corrected chi connectivity index (χ1v) is 11.1. The highest BCUT2D eigenvalue weighted by molar-refractivity contribution is 7.15. The van der Waals surface area contributed by atoms with E-state index < -0.39 is 0 Å². The molecule has 0 aliphatic rings. The zero-order valence-electron chi connectivity index (χ0n) is 16.1. The maximum Gasteiger partial charge on any atom is 0.147 e. The average Bonchev–Trinajstić information content (AvgIpc) is 3.22. The molecule has 2 heterocycles. The largest absolute Gasteiger partial charge is 0.296 e. The van der Waals surface area contributed by atoms with Crippen molar-refractivity contribution >= 4 is 46.1 Å². The number of hydrogen-bond acceptors (Lipinski definition) is 3. The Kier molecular flexibility index (Phi) is 5.71. The molecule has 3 nitrogen and oxygen atoms in total. The Labute approximate surface area is 188 Å². The minimum Gasteiger partial charge on any atom is -0.296 e. The van der Waals surface area contributed by atoms with Crippen molar-refractivity contribution in [3.8, 4) is 27.8 Å². The van der Waals surface area contributed by atoms with Gasteiger partial charge in [-0.15, -0.1) is 11.3 Å². The molecule has 7 heteroatoms. The van der Waals surface area contributed by atoms with Gasteiger partial charge in [0, 0.05) is 26.2 Å². The van der Waals surface area contributed by atoms with E-state index in [1.165, 1.54) is 4.88 Å². The van der Waals surface area contributed by atoms with Gasteiger partial charge in [-0.2, -0.15) is 0 Å². The molecule has 0 radical (unpaired) electrons. The van der Waals surface area contributed by atoms with Gasteiger partial charge in [0.1, 0.15) is 16.5 Å². The zero-order chi connectivity index (χ0) is 20.7. The van der Waals surface area contributed by atoms with E-state index >= 15 is 0 Å². The van der Waals surface area contributed by atoms with Gasteiger partial charge < -0.3 is 0 Å². The van der Waals surface area contributed by atoms with Gasteiger partial charge in [0.15, 0.2) is 0 Å². The standard InChI is InChI=1S/C22H18Cl3N3S/c1-4-19-12(2)26-22(29-19)20-13(3)28(16-8-5-14(23)6-9-16)21(27-20)17-10-7-15(24)11-18(17)25/h5-11H,4H2,1-3H3. The van der Waals surface area contributed by atoms with Crippen LogP contribution in [-0.2, 0) is 6.42 Å². The fourth-order valence-corrected chi connectivity index (χ4v) is 4.98. The molecule has 0 saturated carbocycles. The molecule has 0 saturated heterocycles. The minimum atomic E-state index is 0.550. The molecule has 0 unspecified atom stereocenters. The molecule has 0 bridgehead atoms. The first-order chi connectivity index (χ1) is 13.9. The molecule has 0 aliphatic carbocycles. The van der Waals surface area contributed by atoms with Gasteiger partial charge in [-0.05, 0) is 62.7 Å². The summed E-state index contributed by atoms with van der Waals surface area (Å²) in [5.41, 5.74) is 4.66. The molecule has 0 atom stereocenters. The third-order valence-corrected chi connectivity index (χ3v) is 6.89. The molecular formula is C22H18Cl3N3S. The van der Waals surface area contributed by atoms with E-state index in [1.807, 2.05) is 50.2 Å². The van der Waals surface area contributed by atoms with E-state index in [2.05, 4.69) is 11.5 Å². The summed E-state index contributed by atoms with van der Waals surface area (Å²) in [7, 11) is 0. The van der Waals surface area contributed by atoms with Crippen LogP contribution in [-0.4, -0.2) is 14.5 Å². The van der Waals surface area contributed by atoms with E-state index in [0.29, 0.717) is 15.1 Å². The van der Waals surface area contributed by atoms with Gasteiger partial charge in [0.05, 0.1) is 16.4 Å². The van der Waals surface area contributed by atoms with E-state index in [0.717, 1.165) is 45.6 Å². The fourth-order valence-electron chi connectivity index (χ4n) is 3.32. The zero-order valence-corrected chi connectivity index (χ0v) is 19.2. The van der Waals surface area contributed by atoms with Crippen LogP contribution in [0.25, 0.3) is 27.8 Å². The lowest BCUT2D eigenvalue weighted by Crippen LogP contribution is -2.00. The van der Waals surface area contributed by atoms with Gasteiger partial charge in [-0.1, -0.05) is 41.7 Å². The lowest BCUT2D eigenvalue weighted by molar-refractivity contribution is 1.01. The Morgan fingerprint density at radius 3 is 2.24 bits per heavy atom. The summed E-state index contributed by atoms with van der Waals surface area (Å²) in [5, 5.41) is 2.73. The molecule has 0 aliphatic heterocycles. The molecule has 0 fully saturated rings. The molecule has 4 rings (SSSR count). The van der Waals surface area contributed by atoms with Crippen LogP contribution in [0.15, 0.2) is 42.5 Å². The Morgan fingerprint density at radius 2 is 1.62 bits per heavy atom. The summed E-state index contributed by atoms with van der Waals surface area (Å²) in [6.07, 6.45) is 0.955. The van der Waals surface area contributed by atoms with Crippen LogP contribution < -0.4 is 0 Å². The predicted molar refractivity (Wildman–Crippen MR) is 124 cm³/mol. The highest BCUT2D eigenvalue weighted by atomic mass is 35.5. The monoisotopic (exact) mass is 461 g/mol. The van der Waals surface area contributed by atoms with Crippen molar-refractivity contribution < 1.29 is 0 Å². The highest BCUT2D eigenvalue weighted by Gasteiger charge is 2.22. The number of nitrogens with zero attached hydrogens (tertiary/aromatic N) is 3. The Morgan fingerprint density at radius 1 is 0.931 bits per heavy atom. The van der Waals surface area contributed by atoms with E-state index in [1.54, 1.807) is 17.4 Å². The SMILES string of the molecule is CCc1sc(-c2nc(-c3ccc(Cl)cc3Cl)n(-c3ccc(Cl)cc3)c2C)nc1C. The van der Waals surface area contributed by atoms with Crippen molar-refractivity contribution in [1.29, 1.82) is 0 Å². The number of hydrogen-bond donors (Lipinski definition) is 0. The lowest BCUT2D eigenvalue weighted by Gasteiger charge is -2.12. The molecule has 0 N–H and O–H groups in total. The van der Waals surface area contributed by atoms with Crippen LogP contribution >= 0.6 is 46.1 Å². The van der Waals surface area contributed by atoms with Gasteiger partial charge in [0.2, 0.25) is 0 Å². The number of aryl methyl sites for hydroxylation is 2. The Balaban J connectivity index is 1.98. The van der Waals surface area contributed by atoms with Crippen LogP contribution in [0.2, 0.25) is 15.1 Å². The van der Waals surface area contributed by atoms with Crippen LogP contribution in [0.3, 0.4) is 0 Å². The van der Waals surface area contributed by atoms with Gasteiger partial charge in [0.25, 0.3) is 0 Å². The van der Waals surface area contributed by atoms with Crippen molar-refractivity contribution in [3.05, 3.63) is 73.8 Å². The quantitative estimate of drug-likeness (QED) is 0.310. The van der Waals surface area contributed by atoms with Crippen molar-refractivity contribution in [2.75, 3.05) is 0 Å². The summed E-state index contributed by atoms with van der Waals surface area (Å²) in [6.45, 7) is 6.23. The summed E-state index contributed by atoms with van der Waals surface area (Å²) >= 11 is 20.4. The number of halogens is 3. The topological polar surface area (TPSA) is 30.7 Å². The third kappa shape index (κ3) is 3.82. The maximum atomic E-state index is 6.54. The molecule has 2 aromatic heterocycles. The molecule has 0 amide bonds. The van der Waals surface area contributed by atoms with Crippen molar-refractivity contribution in [1.82, 2.24) is 14.5 Å².